The number of hydrogen-bond donors (Lipinski definition) is 0. The Hall–Kier alpha value is -2.00. The van der Waals surface area contributed by atoms with Gasteiger partial charge in [0.2, 0.25) is 0 Å². The zero-order chi connectivity index (χ0) is 12.9. The van der Waals surface area contributed by atoms with Crippen molar-refractivity contribution in [1.29, 1.82) is 0 Å². The molecule has 0 aliphatic carbocycles. The van der Waals surface area contributed by atoms with E-state index in [9.17, 15) is 0 Å². The van der Waals surface area contributed by atoms with Gasteiger partial charge in [0.1, 0.15) is 19.3 Å². The van der Waals surface area contributed by atoms with E-state index in [2.05, 4.69) is 0 Å². The first-order valence-electron chi connectivity index (χ1n) is 6.42. The normalized spacial score (nSPS) is 16.9. The molecule has 1 aliphatic heterocycles. The maximum atomic E-state index is 5.81. The molecule has 0 bridgehead atoms. The molecule has 0 radical (unpaired) electrons. The van der Waals surface area contributed by atoms with E-state index in [0.29, 0.717) is 13.2 Å². The molecule has 3 rings (SSSR count). The van der Waals surface area contributed by atoms with Gasteiger partial charge in [-0.05, 0) is 17.7 Å². The second-order valence-corrected chi connectivity index (χ2v) is 4.49. The fourth-order valence-electron chi connectivity index (χ4n) is 1.77. The predicted molar refractivity (Wildman–Crippen MR) is 72.5 cm³/mol. The first kappa shape index (κ1) is 12.1. The lowest BCUT2D eigenvalue weighted by Gasteiger charge is -2.12. The monoisotopic (exact) mass is 256 g/mol. The van der Waals surface area contributed by atoms with Gasteiger partial charge in [0.05, 0.1) is 6.61 Å². The minimum absolute atomic E-state index is 0.252. The SMILES string of the molecule is c1ccc(COc2ccccc2OC[C@H]2CO2)cc1. The number of ether oxygens (including phenoxy) is 3. The van der Waals surface area contributed by atoms with Gasteiger partial charge in [-0.2, -0.15) is 0 Å². The van der Waals surface area contributed by atoms with Crippen LogP contribution in [-0.2, 0) is 11.3 Å². The Kier molecular flexibility index (Phi) is 3.65. The van der Waals surface area contributed by atoms with Gasteiger partial charge < -0.3 is 14.2 Å². The summed E-state index contributed by atoms with van der Waals surface area (Å²) in [6.07, 6.45) is 0.252. The Morgan fingerprint density at radius 3 is 2.21 bits per heavy atom. The van der Waals surface area contributed by atoms with E-state index in [4.69, 9.17) is 14.2 Å². The lowest BCUT2D eigenvalue weighted by Crippen LogP contribution is -2.05. The van der Waals surface area contributed by atoms with Crippen LogP contribution in [0, 0.1) is 0 Å². The van der Waals surface area contributed by atoms with E-state index in [1.54, 1.807) is 0 Å². The summed E-state index contributed by atoms with van der Waals surface area (Å²) in [5, 5.41) is 0. The summed E-state index contributed by atoms with van der Waals surface area (Å²) in [4.78, 5) is 0. The molecule has 2 aromatic rings. The van der Waals surface area contributed by atoms with Crippen LogP contribution in [0.5, 0.6) is 11.5 Å². The van der Waals surface area contributed by atoms with Crippen molar-refractivity contribution in [3.05, 3.63) is 60.2 Å². The zero-order valence-corrected chi connectivity index (χ0v) is 10.6. The van der Waals surface area contributed by atoms with E-state index in [0.717, 1.165) is 23.7 Å². The molecule has 0 spiro atoms. The molecular weight excluding hydrogens is 240 g/mol. The Balaban J connectivity index is 1.62. The highest BCUT2D eigenvalue weighted by Gasteiger charge is 2.23. The molecule has 1 saturated heterocycles. The number of epoxide rings is 1. The molecule has 0 aromatic heterocycles. The quantitative estimate of drug-likeness (QED) is 0.744. The Morgan fingerprint density at radius 1 is 0.895 bits per heavy atom. The molecule has 1 atom stereocenters. The van der Waals surface area contributed by atoms with Gasteiger partial charge in [0.25, 0.3) is 0 Å². The summed E-state index contributed by atoms with van der Waals surface area (Å²) in [6.45, 7) is 1.93. The maximum Gasteiger partial charge on any atom is 0.161 e. The van der Waals surface area contributed by atoms with Crippen LogP contribution in [0.2, 0.25) is 0 Å². The highest BCUT2D eigenvalue weighted by molar-refractivity contribution is 5.39. The maximum absolute atomic E-state index is 5.81. The molecule has 0 saturated carbocycles. The van der Waals surface area contributed by atoms with Crippen LogP contribution in [0.15, 0.2) is 54.6 Å². The minimum Gasteiger partial charge on any atom is -0.487 e. The van der Waals surface area contributed by atoms with Crippen molar-refractivity contribution in [2.75, 3.05) is 13.2 Å². The summed E-state index contributed by atoms with van der Waals surface area (Å²) in [6, 6.07) is 17.8. The summed E-state index contributed by atoms with van der Waals surface area (Å²) in [5.41, 5.74) is 1.14. The Labute approximate surface area is 112 Å². The highest BCUT2D eigenvalue weighted by atomic mass is 16.6. The average Bonchev–Trinajstić information content (AvgIpc) is 3.29. The van der Waals surface area contributed by atoms with Gasteiger partial charge in [-0.1, -0.05) is 42.5 Å². The first-order chi connectivity index (χ1) is 9.42. The van der Waals surface area contributed by atoms with Gasteiger partial charge in [-0.25, -0.2) is 0 Å². The number of rotatable bonds is 6. The van der Waals surface area contributed by atoms with E-state index < -0.39 is 0 Å². The van der Waals surface area contributed by atoms with E-state index in [1.807, 2.05) is 54.6 Å². The molecule has 2 aromatic carbocycles. The fraction of sp³-hybridized carbons (Fsp3) is 0.250. The van der Waals surface area contributed by atoms with Crippen molar-refractivity contribution in [2.45, 2.75) is 12.7 Å². The number of hydrogen-bond acceptors (Lipinski definition) is 3. The molecule has 1 heterocycles. The molecule has 3 heteroatoms. The first-order valence-corrected chi connectivity index (χ1v) is 6.42. The van der Waals surface area contributed by atoms with Crippen molar-refractivity contribution in [2.24, 2.45) is 0 Å². The van der Waals surface area contributed by atoms with Crippen LogP contribution in [0.1, 0.15) is 5.56 Å². The molecule has 0 amide bonds. The number of para-hydroxylation sites is 2. The number of benzene rings is 2. The van der Waals surface area contributed by atoms with Crippen LogP contribution < -0.4 is 9.47 Å². The third-order valence-corrected chi connectivity index (χ3v) is 2.91. The minimum atomic E-state index is 0.252. The lowest BCUT2D eigenvalue weighted by molar-refractivity contribution is 0.238. The van der Waals surface area contributed by atoms with E-state index in [1.165, 1.54) is 0 Å². The predicted octanol–water partition coefficient (Wildman–Crippen LogP) is 3.04. The van der Waals surface area contributed by atoms with Gasteiger partial charge in [-0.3, -0.25) is 0 Å². The average molecular weight is 256 g/mol. The summed E-state index contributed by atoms with van der Waals surface area (Å²) in [7, 11) is 0. The molecule has 1 fully saturated rings. The largest absolute Gasteiger partial charge is 0.487 e. The molecular formula is C16H16O3. The third-order valence-electron chi connectivity index (χ3n) is 2.91. The molecule has 98 valence electrons. The van der Waals surface area contributed by atoms with Gasteiger partial charge in [0, 0.05) is 0 Å². The van der Waals surface area contributed by atoms with Crippen LogP contribution in [0.3, 0.4) is 0 Å². The van der Waals surface area contributed by atoms with E-state index in [-0.39, 0.29) is 6.10 Å². The third kappa shape index (κ3) is 3.48. The highest BCUT2D eigenvalue weighted by Crippen LogP contribution is 2.28. The second-order valence-electron chi connectivity index (χ2n) is 4.49. The lowest BCUT2D eigenvalue weighted by atomic mass is 10.2. The van der Waals surface area contributed by atoms with Crippen molar-refractivity contribution in [1.82, 2.24) is 0 Å². The topological polar surface area (TPSA) is 31.0 Å². The van der Waals surface area contributed by atoms with Crippen LogP contribution in [0.4, 0.5) is 0 Å². The Morgan fingerprint density at radius 2 is 1.53 bits per heavy atom. The summed E-state index contributed by atoms with van der Waals surface area (Å²) >= 11 is 0. The molecule has 0 unspecified atom stereocenters. The molecule has 3 nitrogen and oxygen atoms in total. The van der Waals surface area contributed by atoms with Crippen molar-refractivity contribution in [3.8, 4) is 11.5 Å². The van der Waals surface area contributed by atoms with Crippen LogP contribution >= 0.6 is 0 Å². The molecule has 1 aliphatic rings. The van der Waals surface area contributed by atoms with Crippen LogP contribution in [-0.4, -0.2) is 19.3 Å². The standard InChI is InChI=1S/C16H16O3/c1-2-6-13(7-3-1)10-18-15-8-4-5-9-16(15)19-12-14-11-17-14/h1-9,14H,10-12H2/t14-/m1/s1. The summed E-state index contributed by atoms with van der Waals surface area (Å²) < 4.78 is 16.6. The van der Waals surface area contributed by atoms with Crippen molar-refractivity contribution >= 4 is 0 Å². The molecule has 0 N–H and O–H groups in total. The Bertz CT molecular complexity index is 521. The van der Waals surface area contributed by atoms with Crippen molar-refractivity contribution in [3.63, 3.8) is 0 Å². The summed E-state index contributed by atoms with van der Waals surface area (Å²) in [5.74, 6) is 1.54. The fourth-order valence-corrected chi connectivity index (χ4v) is 1.77. The van der Waals surface area contributed by atoms with Gasteiger partial charge >= 0.3 is 0 Å². The molecule has 19 heavy (non-hydrogen) atoms. The van der Waals surface area contributed by atoms with Crippen LogP contribution in [0.25, 0.3) is 0 Å². The smallest absolute Gasteiger partial charge is 0.161 e. The van der Waals surface area contributed by atoms with E-state index >= 15 is 0 Å². The second kappa shape index (κ2) is 5.76. The van der Waals surface area contributed by atoms with Gasteiger partial charge in [0.15, 0.2) is 11.5 Å². The zero-order valence-electron chi connectivity index (χ0n) is 10.6. The van der Waals surface area contributed by atoms with Gasteiger partial charge in [-0.15, -0.1) is 0 Å². The van der Waals surface area contributed by atoms with Crippen molar-refractivity contribution < 1.29 is 14.2 Å².